The number of hydrogen-bond donors (Lipinski definition) is 1. The molecule has 0 aromatic heterocycles. The van der Waals surface area contributed by atoms with Crippen LogP contribution in [-0.4, -0.2) is 15.8 Å². The number of hydroxylamine groups is 1. The van der Waals surface area contributed by atoms with Gasteiger partial charge in [-0.1, -0.05) is 18.2 Å². The minimum absolute atomic E-state index is 0.298. The van der Waals surface area contributed by atoms with Gasteiger partial charge in [0.1, 0.15) is 0 Å². The zero-order valence-electron chi connectivity index (χ0n) is 11.0. The van der Waals surface area contributed by atoms with Gasteiger partial charge in [0.15, 0.2) is 0 Å². The van der Waals surface area contributed by atoms with Crippen LogP contribution in [0.15, 0.2) is 48.5 Å². The summed E-state index contributed by atoms with van der Waals surface area (Å²) in [5.41, 5.74) is 1.27. The summed E-state index contributed by atoms with van der Waals surface area (Å²) in [6.45, 7) is 0. The first-order valence-corrected chi connectivity index (χ1v) is 5.94. The first kappa shape index (κ1) is 14.9. The maximum absolute atomic E-state index is 11.8. The van der Waals surface area contributed by atoms with Gasteiger partial charge in [0.05, 0.1) is 15.9 Å². The summed E-state index contributed by atoms with van der Waals surface area (Å²) in [6, 6.07) is 10.9. The molecule has 0 fully saturated rings. The molecule has 0 aliphatic rings. The van der Waals surface area contributed by atoms with E-state index in [2.05, 4.69) is 0 Å². The molecule has 0 radical (unpaired) electrons. The van der Waals surface area contributed by atoms with Crippen LogP contribution in [-0.2, 0) is 0 Å². The molecule has 9 heteroatoms. The molecule has 2 rings (SSSR count). The zero-order chi connectivity index (χ0) is 16.1. The number of nitrogens with zero attached hydrogens (tertiary/aromatic N) is 2. The number of rotatable bonds is 5. The van der Waals surface area contributed by atoms with Crippen molar-refractivity contribution in [1.82, 2.24) is 5.48 Å². The van der Waals surface area contributed by atoms with Crippen molar-refractivity contribution < 1.29 is 19.5 Å². The highest BCUT2D eigenvalue weighted by Gasteiger charge is 2.21. The summed E-state index contributed by atoms with van der Waals surface area (Å²) in [7, 11) is 0. The molecule has 22 heavy (non-hydrogen) atoms. The predicted molar refractivity (Wildman–Crippen MR) is 74.3 cm³/mol. The monoisotopic (exact) mass is 303 g/mol. The van der Waals surface area contributed by atoms with Gasteiger partial charge in [-0.2, -0.15) is 5.48 Å². The zero-order valence-corrected chi connectivity index (χ0v) is 11.0. The predicted octanol–water partition coefficient (Wildman–Crippen LogP) is 2.23. The highest BCUT2D eigenvalue weighted by molar-refractivity contribution is 5.93. The van der Waals surface area contributed by atoms with Gasteiger partial charge in [-0.05, 0) is 18.2 Å². The first-order valence-electron chi connectivity index (χ1n) is 5.94. The Morgan fingerprint density at radius 2 is 1.68 bits per heavy atom. The topological polar surface area (TPSA) is 125 Å². The van der Waals surface area contributed by atoms with Crippen LogP contribution in [0.2, 0.25) is 0 Å². The van der Waals surface area contributed by atoms with Crippen LogP contribution in [0.1, 0.15) is 10.4 Å². The Bertz CT molecular complexity index is 732. The Kier molecular flexibility index (Phi) is 4.27. The van der Waals surface area contributed by atoms with Gasteiger partial charge >= 0.3 is 5.69 Å². The Balaban J connectivity index is 2.17. The van der Waals surface area contributed by atoms with E-state index in [0.29, 0.717) is 5.56 Å². The fourth-order valence-corrected chi connectivity index (χ4v) is 1.60. The van der Waals surface area contributed by atoms with Gasteiger partial charge in [0.2, 0.25) is 5.75 Å². The third-order valence-electron chi connectivity index (χ3n) is 2.64. The molecule has 9 nitrogen and oxygen atoms in total. The van der Waals surface area contributed by atoms with E-state index in [1.54, 1.807) is 18.2 Å². The van der Waals surface area contributed by atoms with Gasteiger partial charge in [-0.25, -0.2) is 0 Å². The maximum atomic E-state index is 11.8. The Morgan fingerprint density at radius 3 is 2.27 bits per heavy atom. The fourth-order valence-electron chi connectivity index (χ4n) is 1.60. The Morgan fingerprint density at radius 1 is 1.00 bits per heavy atom. The van der Waals surface area contributed by atoms with Crippen LogP contribution in [0.25, 0.3) is 0 Å². The Hall–Kier alpha value is -3.49. The van der Waals surface area contributed by atoms with E-state index < -0.39 is 27.1 Å². The molecular formula is C13H9N3O6. The molecule has 0 aliphatic heterocycles. The van der Waals surface area contributed by atoms with Crippen LogP contribution >= 0.6 is 0 Å². The average molecular weight is 303 g/mol. The minimum atomic E-state index is -0.836. The lowest BCUT2D eigenvalue weighted by atomic mass is 10.2. The number of nitro benzene ring substituents is 2. The number of hydrogen-bond acceptors (Lipinski definition) is 6. The third-order valence-corrected chi connectivity index (χ3v) is 2.64. The molecule has 0 saturated carbocycles. The molecule has 0 unspecified atom stereocenters. The van der Waals surface area contributed by atoms with Gasteiger partial charge in [0, 0.05) is 11.6 Å². The molecule has 1 N–H and O–H groups in total. The van der Waals surface area contributed by atoms with Crippen LogP contribution < -0.4 is 10.3 Å². The lowest BCUT2D eigenvalue weighted by Gasteiger charge is -2.07. The maximum Gasteiger partial charge on any atom is 0.321 e. The molecule has 0 spiro atoms. The van der Waals surface area contributed by atoms with E-state index in [-0.39, 0.29) is 5.75 Å². The smallest absolute Gasteiger partial charge is 0.321 e. The highest BCUT2D eigenvalue weighted by Crippen LogP contribution is 2.30. The second-order valence-corrected chi connectivity index (χ2v) is 4.07. The third kappa shape index (κ3) is 3.33. The number of carbonyl (C=O) groups excluding carboxylic acids is 1. The number of nitro groups is 2. The number of benzene rings is 2. The molecule has 2 aromatic carbocycles. The van der Waals surface area contributed by atoms with E-state index in [4.69, 9.17) is 4.84 Å². The average Bonchev–Trinajstić information content (AvgIpc) is 2.53. The number of carbonyl (C=O) groups is 1. The van der Waals surface area contributed by atoms with Gasteiger partial charge in [-0.3, -0.25) is 25.0 Å². The lowest BCUT2D eigenvalue weighted by Crippen LogP contribution is -2.27. The quantitative estimate of drug-likeness (QED) is 0.667. The van der Waals surface area contributed by atoms with E-state index in [9.17, 15) is 25.0 Å². The summed E-state index contributed by atoms with van der Waals surface area (Å²) >= 11 is 0. The summed E-state index contributed by atoms with van der Waals surface area (Å²) < 4.78 is 0. The van der Waals surface area contributed by atoms with Gasteiger partial charge < -0.3 is 4.84 Å². The standard InChI is InChI=1S/C13H9N3O6/c17-13(9-4-2-1-3-5-9)14-22-12-7-6-10(15(18)19)8-11(12)16(20)21/h1-8H,(H,14,17). The summed E-state index contributed by atoms with van der Waals surface area (Å²) in [5.74, 6) is -0.909. The van der Waals surface area contributed by atoms with Crippen LogP contribution in [0.5, 0.6) is 5.75 Å². The van der Waals surface area contributed by atoms with Crippen molar-refractivity contribution in [2.75, 3.05) is 0 Å². The Labute approximate surface area is 123 Å². The number of non-ortho nitro benzene ring substituents is 1. The van der Waals surface area contributed by atoms with E-state index in [0.717, 1.165) is 18.2 Å². The molecule has 112 valence electrons. The fraction of sp³-hybridized carbons (Fsp3) is 0. The molecule has 2 aromatic rings. The summed E-state index contributed by atoms with van der Waals surface area (Å²) in [5, 5.41) is 21.5. The molecule has 0 bridgehead atoms. The molecule has 0 saturated heterocycles. The normalized spacial score (nSPS) is 9.82. The lowest BCUT2D eigenvalue weighted by molar-refractivity contribution is -0.394. The van der Waals surface area contributed by atoms with Crippen molar-refractivity contribution in [2.45, 2.75) is 0 Å². The van der Waals surface area contributed by atoms with E-state index >= 15 is 0 Å². The minimum Gasteiger partial charge on any atom is -0.372 e. The molecule has 0 heterocycles. The van der Waals surface area contributed by atoms with Crippen LogP contribution in [0, 0.1) is 20.2 Å². The van der Waals surface area contributed by atoms with E-state index in [1.165, 1.54) is 12.1 Å². The number of nitrogens with one attached hydrogen (secondary N) is 1. The van der Waals surface area contributed by atoms with Crippen molar-refractivity contribution in [3.8, 4) is 5.75 Å². The van der Waals surface area contributed by atoms with Crippen molar-refractivity contribution in [1.29, 1.82) is 0 Å². The SMILES string of the molecule is O=C(NOc1ccc([N+](=O)[O-])cc1[N+](=O)[O-])c1ccccc1. The van der Waals surface area contributed by atoms with Crippen molar-refractivity contribution in [2.24, 2.45) is 0 Å². The molecule has 0 aliphatic carbocycles. The van der Waals surface area contributed by atoms with Crippen LogP contribution in [0.4, 0.5) is 11.4 Å². The largest absolute Gasteiger partial charge is 0.372 e. The molecule has 1 amide bonds. The first-order chi connectivity index (χ1) is 10.5. The van der Waals surface area contributed by atoms with E-state index in [1.807, 2.05) is 5.48 Å². The highest BCUT2D eigenvalue weighted by atomic mass is 16.7. The van der Waals surface area contributed by atoms with Crippen molar-refractivity contribution in [3.63, 3.8) is 0 Å². The molecular weight excluding hydrogens is 294 g/mol. The second-order valence-electron chi connectivity index (χ2n) is 4.07. The van der Waals surface area contributed by atoms with Gasteiger partial charge in [0.25, 0.3) is 11.6 Å². The summed E-state index contributed by atoms with van der Waals surface area (Å²) in [4.78, 5) is 36.6. The van der Waals surface area contributed by atoms with Gasteiger partial charge in [-0.15, -0.1) is 0 Å². The summed E-state index contributed by atoms with van der Waals surface area (Å²) in [6.07, 6.45) is 0. The van der Waals surface area contributed by atoms with Crippen LogP contribution in [0.3, 0.4) is 0 Å². The van der Waals surface area contributed by atoms with Crippen molar-refractivity contribution in [3.05, 3.63) is 74.3 Å². The molecule has 0 atom stereocenters. The number of amides is 1. The van der Waals surface area contributed by atoms with Crippen molar-refractivity contribution >= 4 is 17.3 Å². The second kappa shape index (κ2) is 6.31.